The van der Waals surface area contributed by atoms with Crippen LogP contribution in [0.2, 0.25) is 5.02 Å². The summed E-state index contributed by atoms with van der Waals surface area (Å²) in [5.74, 6) is 1.13. The second-order valence-corrected chi connectivity index (χ2v) is 6.27. The molecule has 3 aromatic rings. The van der Waals surface area contributed by atoms with Gasteiger partial charge >= 0.3 is 0 Å². The summed E-state index contributed by atoms with van der Waals surface area (Å²) < 4.78 is 7.40. The molecule has 0 spiro atoms. The third-order valence-corrected chi connectivity index (χ3v) is 4.18. The lowest BCUT2D eigenvalue weighted by Crippen LogP contribution is -2.19. The van der Waals surface area contributed by atoms with Gasteiger partial charge in [-0.1, -0.05) is 11.6 Å². The molecule has 0 aliphatic rings. The number of amides is 1. The Morgan fingerprint density at radius 1 is 1.23 bits per heavy atom. The molecule has 26 heavy (non-hydrogen) atoms. The molecule has 1 heterocycles. The third kappa shape index (κ3) is 4.30. The lowest BCUT2D eigenvalue weighted by molar-refractivity contribution is -0.116. The van der Waals surface area contributed by atoms with Crippen LogP contribution in [-0.2, 0) is 11.3 Å². The van der Waals surface area contributed by atoms with Crippen LogP contribution >= 0.6 is 23.8 Å². The molecular weight excluding hydrogens is 372 g/mol. The first-order valence-electron chi connectivity index (χ1n) is 8.00. The predicted octanol–water partition coefficient (Wildman–Crippen LogP) is 4.30. The molecule has 0 aliphatic heterocycles. The minimum atomic E-state index is -0.207. The molecule has 0 radical (unpaired) electrons. The number of carbonyl (C=O) groups is 1. The molecule has 0 saturated heterocycles. The van der Waals surface area contributed by atoms with Crippen LogP contribution < -0.4 is 10.1 Å². The van der Waals surface area contributed by atoms with Crippen molar-refractivity contribution in [2.75, 3.05) is 11.9 Å². The smallest absolute Gasteiger partial charge is 0.244 e. The highest BCUT2D eigenvalue weighted by Gasteiger charge is 2.12. The highest BCUT2D eigenvalue weighted by atomic mass is 35.5. The van der Waals surface area contributed by atoms with Crippen molar-refractivity contribution in [1.29, 1.82) is 0 Å². The number of hydrogen-bond acceptors (Lipinski definition) is 4. The monoisotopic (exact) mass is 388 g/mol. The van der Waals surface area contributed by atoms with E-state index >= 15 is 0 Å². The molecule has 134 valence electrons. The fourth-order valence-corrected chi connectivity index (χ4v) is 2.75. The summed E-state index contributed by atoms with van der Waals surface area (Å²) in [6.07, 6.45) is 0. The van der Waals surface area contributed by atoms with Gasteiger partial charge in [0, 0.05) is 16.3 Å². The maximum atomic E-state index is 12.4. The van der Waals surface area contributed by atoms with Crippen molar-refractivity contribution >= 4 is 35.4 Å². The number of ether oxygens (including phenoxy) is 1. The summed E-state index contributed by atoms with van der Waals surface area (Å²) in [5, 5.41) is 10.4. The molecule has 0 unspecified atom stereocenters. The van der Waals surface area contributed by atoms with Gasteiger partial charge in [-0.25, -0.2) is 0 Å². The predicted molar refractivity (Wildman–Crippen MR) is 104 cm³/mol. The molecule has 0 fully saturated rings. The largest absolute Gasteiger partial charge is 0.494 e. The molecule has 1 amide bonds. The third-order valence-electron chi connectivity index (χ3n) is 3.61. The van der Waals surface area contributed by atoms with Crippen LogP contribution in [0.25, 0.3) is 11.4 Å². The van der Waals surface area contributed by atoms with E-state index in [-0.39, 0.29) is 12.5 Å². The molecular formula is C18H17ClN4O2S. The topological polar surface area (TPSA) is 71.9 Å². The van der Waals surface area contributed by atoms with Gasteiger partial charge in [-0.05, 0) is 67.7 Å². The number of rotatable bonds is 6. The van der Waals surface area contributed by atoms with E-state index < -0.39 is 0 Å². The lowest BCUT2D eigenvalue weighted by Gasteiger charge is -2.09. The first-order chi connectivity index (χ1) is 12.6. The molecule has 0 atom stereocenters. The number of halogens is 1. The van der Waals surface area contributed by atoms with E-state index in [2.05, 4.69) is 15.5 Å². The first-order valence-corrected chi connectivity index (χ1v) is 8.79. The van der Waals surface area contributed by atoms with Crippen LogP contribution in [0.5, 0.6) is 5.75 Å². The van der Waals surface area contributed by atoms with Crippen LogP contribution in [0.1, 0.15) is 6.92 Å². The molecule has 2 N–H and O–H groups in total. The van der Waals surface area contributed by atoms with E-state index in [1.165, 1.54) is 0 Å². The SMILES string of the molecule is CCOc1ccc(NC(=O)Cn2c(-c3ccc(Cl)cc3)n[nH]c2=S)cc1. The van der Waals surface area contributed by atoms with Crippen LogP contribution in [0.4, 0.5) is 5.69 Å². The fourth-order valence-electron chi connectivity index (χ4n) is 2.43. The van der Waals surface area contributed by atoms with Crippen molar-refractivity contribution in [2.24, 2.45) is 0 Å². The Labute approximate surface area is 160 Å². The summed E-state index contributed by atoms with van der Waals surface area (Å²) in [5.41, 5.74) is 1.50. The highest BCUT2D eigenvalue weighted by Crippen LogP contribution is 2.20. The Kier molecular flexibility index (Phi) is 5.70. The van der Waals surface area contributed by atoms with Crippen LogP contribution in [0.15, 0.2) is 48.5 Å². The number of aromatic nitrogens is 3. The van der Waals surface area contributed by atoms with Gasteiger partial charge in [-0.3, -0.25) is 14.5 Å². The fraction of sp³-hybridized carbons (Fsp3) is 0.167. The summed E-state index contributed by atoms with van der Waals surface area (Å²) in [4.78, 5) is 12.4. The van der Waals surface area contributed by atoms with Crippen molar-refractivity contribution in [1.82, 2.24) is 14.8 Å². The van der Waals surface area contributed by atoms with Crippen molar-refractivity contribution in [2.45, 2.75) is 13.5 Å². The van der Waals surface area contributed by atoms with Gasteiger partial charge in [0.25, 0.3) is 0 Å². The van der Waals surface area contributed by atoms with Gasteiger partial charge in [0.05, 0.1) is 6.61 Å². The number of anilines is 1. The molecule has 0 aliphatic carbocycles. The Morgan fingerprint density at radius 3 is 2.58 bits per heavy atom. The number of aromatic amines is 1. The quantitative estimate of drug-likeness (QED) is 0.617. The average molecular weight is 389 g/mol. The Balaban J connectivity index is 1.74. The summed E-state index contributed by atoms with van der Waals surface area (Å²) >= 11 is 11.2. The Hall–Kier alpha value is -2.64. The second-order valence-electron chi connectivity index (χ2n) is 5.45. The molecule has 2 aromatic carbocycles. The number of benzene rings is 2. The van der Waals surface area contributed by atoms with E-state index in [0.717, 1.165) is 11.3 Å². The van der Waals surface area contributed by atoms with E-state index in [1.54, 1.807) is 28.8 Å². The molecule has 8 heteroatoms. The molecule has 0 saturated carbocycles. The van der Waals surface area contributed by atoms with Gasteiger partial charge in [0.15, 0.2) is 10.6 Å². The number of nitrogens with one attached hydrogen (secondary N) is 2. The number of nitrogens with zero attached hydrogens (tertiary/aromatic N) is 2. The Bertz CT molecular complexity index is 949. The zero-order chi connectivity index (χ0) is 18.5. The van der Waals surface area contributed by atoms with E-state index in [4.69, 9.17) is 28.6 Å². The highest BCUT2D eigenvalue weighted by molar-refractivity contribution is 7.71. The standard InChI is InChI=1S/C18H17ClN4O2S/c1-2-25-15-9-7-14(8-10-15)20-16(24)11-23-17(21-22-18(23)26)12-3-5-13(19)6-4-12/h3-10H,2,11H2,1H3,(H,20,24)(H,22,26). The van der Waals surface area contributed by atoms with Crippen LogP contribution in [0.3, 0.4) is 0 Å². The minimum absolute atomic E-state index is 0.0422. The van der Waals surface area contributed by atoms with Gasteiger partial charge in [-0.15, -0.1) is 0 Å². The van der Waals surface area contributed by atoms with Crippen molar-refractivity contribution < 1.29 is 9.53 Å². The lowest BCUT2D eigenvalue weighted by atomic mass is 10.2. The normalized spacial score (nSPS) is 10.5. The summed E-state index contributed by atoms with van der Waals surface area (Å²) in [6, 6.07) is 14.4. The Morgan fingerprint density at radius 2 is 1.92 bits per heavy atom. The van der Waals surface area contributed by atoms with Gasteiger partial charge < -0.3 is 10.1 Å². The van der Waals surface area contributed by atoms with Crippen molar-refractivity contribution in [3.63, 3.8) is 0 Å². The minimum Gasteiger partial charge on any atom is -0.494 e. The van der Waals surface area contributed by atoms with Crippen molar-refractivity contribution in [3.05, 3.63) is 58.3 Å². The van der Waals surface area contributed by atoms with E-state index in [9.17, 15) is 4.79 Å². The van der Waals surface area contributed by atoms with E-state index in [1.807, 2.05) is 31.2 Å². The maximum Gasteiger partial charge on any atom is 0.244 e. The van der Waals surface area contributed by atoms with Crippen LogP contribution in [0, 0.1) is 4.77 Å². The van der Waals surface area contributed by atoms with Crippen LogP contribution in [-0.4, -0.2) is 27.3 Å². The van der Waals surface area contributed by atoms with Gasteiger partial charge in [0.1, 0.15) is 12.3 Å². The maximum absolute atomic E-state index is 12.4. The number of hydrogen-bond donors (Lipinski definition) is 2. The number of carbonyl (C=O) groups excluding carboxylic acids is 1. The molecule has 3 rings (SSSR count). The average Bonchev–Trinajstić information content (AvgIpc) is 2.98. The first kappa shape index (κ1) is 18.2. The summed E-state index contributed by atoms with van der Waals surface area (Å²) in [6.45, 7) is 2.56. The zero-order valence-corrected chi connectivity index (χ0v) is 15.6. The number of H-pyrrole nitrogens is 1. The molecule has 6 nitrogen and oxygen atoms in total. The van der Waals surface area contributed by atoms with Gasteiger partial charge in [-0.2, -0.15) is 5.10 Å². The van der Waals surface area contributed by atoms with E-state index in [0.29, 0.717) is 27.9 Å². The molecule has 0 bridgehead atoms. The zero-order valence-electron chi connectivity index (χ0n) is 14.0. The molecule has 1 aromatic heterocycles. The van der Waals surface area contributed by atoms with Crippen molar-refractivity contribution in [3.8, 4) is 17.1 Å². The van der Waals surface area contributed by atoms with Gasteiger partial charge in [0.2, 0.25) is 5.91 Å². The summed E-state index contributed by atoms with van der Waals surface area (Å²) in [7, 11) is 0. The second kappa shape index (κ2) is 8.16.